The predicted octanol–water partition coefficient (Wildman–Crippen LogP) is 23.4. The highest BCUT2D eigenvalue weighted by atomic mass is 16.6. The zero-order valence-electron chi connectivity index (χ0n) is 53.4. The molecule has 0 aromatic rings. The molecule has 1 unspecified atom stereocenters. The molecule has 0 N–H and O–H groups in total. The standard InChI is InChI=1S/C77H122O6/c1-4-7-10-13-16-19-22-25-28-31-34-36-37-38-39-41-43-46-49-52-55-58-61-64-67-70-76(79)82-73-74(72-81-75(78)69-66-63-60-57-54-51-48-45-42-33-30-27-24-21-18-15-12-9-6-3)83-77(80)71-68-65-62-59-56-53-50-47-44-40-35-32-29-26-23-20-17-14-11-8-5-2/h7-8,10-11,16-21,25-30,34-36,38-40,42-43,45-46,52,55,74H,4-6,9,12-15,22-24,31-33,37,41,44,47-51,53-54,56-73H2,1-3H3/b10-7-,11-8-,19-16-,20-17-,21-18-,28-25-,29-26-,30-27-,36-34-,39-38-,40-35-,45-42-,46-43-,55-52-. The lowest BCUT2D eigenvalue weighted by Crippen LogP contribution is -2.30. The zero-order chi connectivity index (χ0) is 59.9. The van der Waals surface area contributed by atoms with Crippen LogP contribution < -0.4 is 0 Å². The Labute approximate surface area is 511 Å². The molecule has 0 aromatic carbocycles. The predicted molar refractivity (Wildman–Crippen MR) is 361 cm³/mol. The molecule has 0 aliphatic carbocycles. The molecule has 6 heteroatoms. The first-order valence-electron chi connectivity index (χ1n) is 33.6. The summed E-state index contributed by atoms with van der Waals surface area (Å²) < 4.78 is 16.9. The first kappa shape index (κ1) is 77.8. The molecule has 0 radical (unpaired) electrons. The van der Waals surface area contributed by atoms with Crippen LogP contribution in [-0.4, -0.2) is 37.2 Å². The minimum absolute atomic E-state index is 0.107. The lowest BCUT2D eigenvalue weighted by atomic mass is 10.1. The van der Waals surface area contributed by atoms with Crippen molar-refractivity contribution in [3.05, 3.63) is 170 Å². The fourth-order valence-electron chi connectivity index (χ4n) is 8.71. The Morgan fingerprint density at radius 3 is 0.747 bits per heavy atom. The molecular weight excluding hydrogens is 1020 g/mol. The van der Waals surface area contributed by atoms with Crippen molar-refractivity contribution in [2.75, 3.05) is 13.2 Å². The van der Waals surface area contributed by atoms with Crippen molar-refractivity contribution in [1.29, 1.82) is 0 Å². The van der Waals surface area contributed by atoms with Gasteiger partial charge in [0.25, 0.3) is 0 Å². The number of esters is 3. The molecule has 0 saturated heterocycles. The van der Waals surface area contributed by atoms with Crippen LogP contribution in [0.1, 0.15) is 278 Å². The van der Waals surface area contributed by atoms with Crippen molar-refractivity contribution in [3.63, 3.8) is 0 Å². The van der Waals surface area contributed by atoms with E-state index in [1.165, 1.54) is 70.6 Å². The Hall–Kier alpha value is -5.23. The van der Waals surface area contributed by atoms with E-state index in [4.69, 9.17) is 14.2 Å². The van der Waals surface area contributed by atoms with Gasteiger partial charge in [-0.3, -0.25) is 14.4 Å². The van der Waals surface area contributed by atoms with Gasteiger partial charge in [-0.1, -0.05) is 274 Å². The molecule has 0 saturated carbocycles. The SMILES string of the molecule is CC/C=C\C/C=C\C/C=C\C/C=C\C/C=C\C/C=C\C/C=C\CCCCCC(=O)OCC(COC(=O)CCCCCCCC/C=C\C/C=C\C/C=C\CCCCC)OC(=O)CCCCCCCCCC/C=C\C/C=C\C/C=C\C/C=C\CC. The third-order valence-corrected chi connectivity index (χ3v) is 13.7. The fourth-order valence-corrected chi connectivity index (χ4v) is 8.71. The Bertz CT molecular complexity index is 1890. The third-order valence-electron chi connectivity index (χ3n) is 13.7. The van der Waals surface area contributed by atoms with Gasteiger partial charge < -0.3 is 14.2 Å². The fraction of sp³-hybridized carbons (Fsp3) is 0.597. The molecule has 0 bridgehead atoms. The van der Waals surface area contributed by atoms with Crippen LogP contribution in [0.25, 0.3) is 0 Å². The van der Waals surface area contributed by atoms with Crippen LogP contribution in [0, 0.1) is 0 Å². The second-order valence-electron chi connectivity index (χ2n) is 21.6. The highest BCUT2D eigenvalue weighted by Gasteiger charge is 2.19. The molecule has 0 aliphatic heterocycles. The molecule has 0 heterocycles. The van der Waals surface area contributed by atoms with Crippen LogP contribution in [0.4, 0.5) is 0 Å². The van der Waals surface area contributed by atoms with Crippen molar-refractivity contribution >= 4 is 17.9 Å². The van der Waals surface area contributed by atoms with Crippen molar-refractivity contribution < 1.29 is 28.6 Å². The van der Waals surface area contributed by atoms with Crippen molar-refractivity contribution in [2.45, 2.75) is 284 Å². The van der Waals surface area contributed by atoms with E-state index in [-0.39, 0.29) is 31.1 Å². The van der Waals surface area contributed by atoms with Gasteiger partial charge in [0.15, 0.2) is 6.10 Å². The van der Waals surface area contributed by atoms with Crippen LogP contribution in [0.2, 0.25) is 0 Å². The smallest absolute Gasteiger partial charge is 0.306 e. The van der Waals surface area contributed by atoms with Gasteiger partial charge in [-0.25, -0.2) is 0 Å². The molecule has 83 heavy (non-hydrogen) atoms. The summed E-state index contributed by atoms with van der Waals surface area (Å²) in [6.45, 7) is 6.34. The summed E-state index contributed by atoms with van der Waals surface area (Å²) in [5.41, 5.74) is 0. The maximum Gasteiger partial charge on any atom is 0.306 e. The number of hydrogen-bond donors (Lipinski definition) is 0. The summed E-state index contributed by atoms with van der Waals surface area (Å²) in [6, 6.07) is 0. The molecule has 1 atom stereocenters. The summed E-state index contributed by atoms with van der Waals surface area (Å²) in [7, 11) is 0. The maximum absolute atomic E-state index is 13.0. The summed E-state index contributed by atoms with van der Waals surface area (Å²) in [5, 5.41) is 0. The molecule has 0 fully saturated rings. The average molecular weight is 1140 g/mol. The van der Waals surface area contributed by atoms with Crippen LogP contribution in [0.3, 0.4) is 0 Å². The number of carbonyl (C=O) groups excluding carboxylic acids is 3. The van der Waals surface area contributed by atoms with Crippen LogP contribution in [-0.2, 0) is 28.6 Å². The molecule has 6 nitrogen and oxygen atoms in total. The summed E-state index contributed by atoms with van der Waals surface area (Å²) in [6.07, 6.45) is 102. The molecule has 0 aromatic heterocycles. The van der Waals surface area contributed by atoms with Gasteiger partial charge in [0.2, 0.25) is 0 Å². The Balaban J connectivity index is 4.53. The van der Waals surface area contributed by atoms with Crippen LogP contribution in [0.5, 0.6) is 0 Å². The topological polar surface area (TPSA) is 78.9 Å². The second-order valence-corrected chi connectivity index (χ2v) is 21.6. The quantitative estimate of drug-likeness (QED) is 0.0261. The number of unbranched alkanes of at least 4 members (excludes halogenated alkanes) is 20. The Kier molecular flexibility index (Phi) is 64.9. The highest BCUT2D eigenvalue weighted by molar-refractivity contribution is 5.71. The van der Waals surface area contributed by atoms with E-state index in [9.17, 15) is 14.4 Å². The number of carbonyl (C=O) groups is 3. The molecular formula is C77H122O6. The van der Waals surface area contributed by atoms with Gasteiger partial charge in [-0.15, -0.1) is 0 Å². The van der Waals surface area contributed by atoms with E-state index in [0.717, 1.165) is 167 Å². The normalized spacial score (nSPS) is 13.2. The lowest BCUT2D eigenvalue weighted by molar-refractivity contribution is -0.167. The Morgan fingerprint density at radius 1 is 0.253 bits per heavy atom. The second kappa shape index (κ2) is 69.3. The molecule has 466 valence electrons. The highest BCUT2D eigenvalue weighted by Crippen LogP contribution is 2.14. The van der Waals surface area contributed by atoms with Gasteiger partial charge in [0.1, 0.15) is 13.2 Å². The summed E-state index contributed by atoms with van der Waals surface area (Å²) in [5.74, 6) is -0.961. The van der Waals surface area contributed by atoms with Crippen LogP contribution >= 0.6 is 0 Å². The first-order chi connectivity index (χ1) is 41.0. The summed E-state index contributed by atoms with van der Waals surface area (Å²) in [4.78, 5) is 38.5. The first-order valence-corrected chi connectivity index (χ1v) is 33.6. The van der Waals surface area contributed by atoms with Gasteiger partial charge in [0, 0.05) is 19.3 Å². The van der Waals surface area contributed by atoms with E-state index in [0.29, 0.717) is 19.3 Å². The number of rotatable bonds is 59. The molecule has 0 aliphatic rings. The number of ether oxygens (including phenoxy) is 3. The van der Waals surface area contributed by atoms with E-state index in [2.05, 4.69) is 191 Å². The van der Waals surface area contributed by atoms with Crippen molar-refractivity contribution in [2.24, 2.45) is 0 Å². The van der Waals surface area contributed by atoms with Gasteiger partial charge in [-0.05, 0) is 154 Å². The third kappa shape index (κ3) is 67.4. The van der Waals surface area contributed by atoms with Crippen molar-refractivity contribution in [1.82, 2.24) is 0 Å². The molecule has 0 spiro atoms. The minimum Gasteiger partial charge on any atom is -0.462 e. The van der Waals surface area contributed by atoms with Gasteiger partial charge in [-0.2, -0.15) is 0 Å². The van der Waals surface area contributed by atoms with E-state index in [1.807, 2.05) is 0 Å². The zero-order valence-corrected chi connectivity index (χ0v) is 53.4. The lowest BCUT2D eigenvalue weighted by Gasteiger charge is -2.18. The summed E-state index contributed by atoms with van der Waals surface area (Å²) >= 11 is 0. The average Bonchev–Trinajstić information content (AvgIpc) is 3.50. The Morgan fingerprint density at radius 2 is 0.470 bits per heavy atom. The maximum atomic E-state index is 13.0. The van der Waals surface area contributed by atoms with E-state index in [1.54, 1.807) is 0 Å². The largest absolute Gasteiger partial charge is 0.462 e. The number of hydrogen-bond acceptors (Lipinski definition) is 6. The van der Waals surface area contributed by atoms with Crippen LogP contribution in [0.15, 0.2) is 170 Å². The van der Waals surface area contributed by atoms with Crippen molar-refractivity contribution in [3.8, 4) is 0 Å². The van der Waals surface area contributed by atoms with Gasteiger partial charge >= 0.3 is 17.9 Å². The number of allylic oxidation sites excluding steroid dienone is 28. The minimum atomic E-state index is -0.814. The van der Waals surface area contributed by atoms with E-state index >= 15 is 0 Å². The van der Waals surface area contributed by atoms with Gasteiger partial charge in [0.05, 0.1) is 0 Å². The molecule has 0 rings (SSSR count). The monoisotopic (exact) mass is 1140 g/mol. The molecule has 0 amide bonds. The van der Waals surface area contributed by atoms with E-state index < -0.39 is 6.10 Å².